The Morgan fingerprint density at radius 3 is 2.20 bits per heavy atom. The van der Waals surface area contributed by atoms with Gasteiger partial charge in [-0.05, 0) is 67.6 Å². The summed E-state index contributed by atoms with van der Waals surface area (Å²) >= 11 is 0. The Kier molecular flexibility index (Phi) is 16.5. The van der Waals surface area contributed by atoms with Gasteiger partial charge in [0, 0.05) is 6.54 Å². The molecule has 1 saturated heterocycles. The lowest BCUT2D eigenvalue weighted by atomic mass is 9.98. The fourth-order valence-corrected chi connectivity index (χ4v) is 7.36. The lowest BCUT2D eigenvalue weighted by Crippen LogP contribution is -2.46. The number of carbonyl (C=O) groups is 3. The van der Waals surface area contributed by atoms with Gasteiger partial charge < -0.3 is 28.5 Å². The van der Waals surface area contributed by atoms with Gasteiger partial charge in [0.05, 0.1) is 44.3 Å². The minimum Gasteiger partial charge on any atom is -0.497 e. The number of aliphatic carboxylic acids is 1. The van der Waals surface area contributed by atoms with Crippen LogP contribution in [0.25, 0.3) is 0 Å². The molecule has 1 amide bonds. The van der Waals surface area contributed by atoms with E-state index in [0.29, 0.717) is 25.1 Å². The maximum atomic E-state index is 13.8. The third kappa shape index (κ3) is 13.3. The fourth-order valence-electron chi connectivity index (χ4n) is 6.00. The van der Waals surface area contributed by atoms with E-state index in [9.17, 15) is 19.5 Å². The first-order valence-electron chi connectivity index (χ1n) is 18.5. The van der Waals surface area contributed by atoms with Crippen LogP contribution in [-0.2, 0) is 41.4 Å². The summed E-state index contributed by atoms with van der Waals surface area (Å²) in [5.41, 5.74) is 1.73. The summed E-state index contributed by atoms with van der Waals surface area (Å²) in [5.74, 6) is -1.73. The minimum atomic E-state index is -2.23. The number of unbranched alkanes of at least 4 members (excludes halogenated alkanes) is 4. The number of benzene rings is 2. The molecule has 1 heterocycles. The SMILES string of the molecule is CCCCCCC[C@@H](OC(=O)C[C@@H](OCc1ccc(OC)cc1)[C@@H]1C[C@@H](O[Si](C)(C)C(C)(C)C)CN1C(=O)OCc1ccccc1)[C@H](C)C(=O)O. The molecule has 0 unspecified atom stereocenters. The van der Waals surface area contributed by atoms with E-state index in [1.165, 1.54) is 0 Å². The van der Waals surface area contributed by atoms with E-state index < -0.39 is 50.5 Å². The Balaban J connectivity index is 1.89. The van der Waals surface area contributed by atoms with Crippen molar-refractivity contribution in [1.29, 1.82) is 0 Å². The number of hydrogen-bond donors (Lipinski definition) is 1. The largest absolute Gasteiger partial charge is 0.497 e. The number of esters is 1. The van der Waals surface area contributed by atoms with Crippen LogP contribution in [0.15, 0.2) is 54.6 Å². The van der Waals surface area contributed by atoms with Crippen molar-refractivity contribution >= 4 is 26.3 Å². The Bertz CT molecular complexity index is 1360. The summed E-state index contributed by atoms with van der Waals surface area (Å²) < 4.78 is 30.4. The van der Waals surface area contributed by atoms with Crippen LogP contribution in [0, 0.1) is 5.92 Å². The average molecular weight is 728 g/mol. The van der Waals surface area contributed by atoms with Gasteiger partial charge in [-0.3, -0.25) is 14.5 Å². The monoisotopic (exact) mass is 727 g/mol. The highest BCUT2D eigenvalue weighted by molar-refractivity contribution is 6.74. The molecule has 1 N–H and O–H groups in total. The molecule has 10 nitrogen and oxygen atoms in total. The molecular weight excluding hydrogens is 667 g/mol. The van der Waals surface area contributed by atoms with E-state index in [1.807, 2.05) is 54.6 Å². The molecule has 284 valence electrons. The lowest BCUT2D eigenvalue weighted by molar-refractivity contribution is -0.161. The van der Waals surface area contributed by atoms with E-state index >= 15 is 0 Å². The van der Waals surface area contributed by atoms with E-state index in [-0.39, 0.29) is 30.8 Å². The zero-order chi connectivity index (χ0) is 37.6. The van der Waals surface area contributed by atoms with E-state index in [1.54, 1.807) is 18.9 Å². The van der Waals surface area contributed by atoms with Gasteiger partial charge in [-0.2, -0.15) is 0 Å². The normalized spacial score (nSPS) is 18.2. The number of likely N-dealkylation sites (tertiary alicyclic amines) is 1. The lowest BCUT2D eigenvalue weighted by Gasteiger charge is -2.38. The van der Waals surface area contributed by atoms with Crippen molar-refractivity contribution in [3.8, 4) is 5.75 Å². The summed E-state index contributed by atoms with van der Waals surface area (Å²) in [4.78, 5) is 41.2. The quantitative estimate of drug-likeness (QED) is 0.0811. The zero-order valence-corrected chi connectivity index (χ0v) is 33.0. The molecule has 0 radical (unpaired) electrons. The number of carboxylic acid groups (broad SMARTS) is 1. The van der Waals surface area contributed by atoms with Crippen molar-refractivity contribution in [1.82, 2.24) is 4.90 Å². The highest BCUT2D eigenvalue weighted by Crippen LogP contribution is 2.40. The first-order valence-corrected chi connectivity index (χ1v) is 21.4. The molecule has 1 aliphatic rings. The molecule has 11 heteroatoms. The smallest absolute Gasteiger partial charge is 0.410 e. The van der Waals surface area contributed by atoms with Crippen LogP contribution in [0.2, 0.25) is 18.1 Å². The number of carbonyl (C=O) groups excluding carboxylic acids is 2. The predicted molar refractivity (Wildman–Crippen MR) is 200 cm³/mol. The Morgan fingerprint density at radius 2 is 1.59 bits per heavy atom. The van der Waals surface area contributed by atoms with Crippen LogP contribution in [0.1, 0.15) is 97.1 Å². The summed E-state index contributed by atoms with van der Waals surface area (Å²) in [7, 11) is -0.626. The third-order valence-corrected chi connectivity index (χ3v) is 14.8. The summed E-state index contributed by atoms with van der Waals surface area (Å²) in [6.07, 6.45) is 3.36. The van der Waals surface area contributed by atoms with Gasteiger partial charge in [0.1, 0.15) is 18.5 Å². The second kappa shape index (κ2) is 20.0. The van der Waals surface area contributed by atoms with Gasteiger partial charge in [0.25, 0.3) is 0 Å². The highest BCUT2D eigenvalue weighted by atomic mass is 28.4. The topological polar surface area (TPSA) is 121 Å². The Hall–Kier alpha value is -3.41. The summed E-state index contributed by atoms with van der Waals surface area (Å²) in [6, 6.07) is 16.4. The van der Waals surface area contributed by atoms with Crippen LogP contribution in [-0.4, -0.2) is 74.4 Å². The number of amides is 1. The predicted octanol–water partition coefficient (Wildman–Crippen LogP) is 8.77. The van der Waals surface area contributed by atoms with Crippen molar-refractivity contribution in [2.45, 2.75) is 142 Å². The van der Waals surface area contributed by atoms with Crippen molar-refractivity contribution in [3.63, 3.8) is 0 Å². The van der Waals surface area contributed by atoms with Crippen molar-refractivity contribution in [2.24, 2.45) is 5.92 Å². The van der Waals surface area contributed by atoms with E-state index in [4.69, 9.17) is 23.4 Å². The van der Waals surface area contributed by atoms with Crippen LogP contribution >= 0.6 is 0 Å². The molecule has 0 aliphatic carbocycles. The molecule has 2 aromatic carbocycles. The highest BCUT2D eigenvalue weighted by Gasteiger charge is 2.47. The number of ether oxygens (including phenoxy) is 4. The number of carboxylic acids is 1. The molecule has 2 aromatic rings. The summed E-state index contributed by atoms with van der Waals surface area (Å²) in [6.45, 7) is 15.2. The summed E-state index contributed by atoms with van der Waals surface area (Å²) in [5, 5.41) is 9.77. The fraction of sp³-hybridized carbons (Fsp3) is 0.625. The first kappa shape index (κ1) is 42.0. The minimum absolute atomic E-state index is 0.0514. The molecule has 5 atom stereocenters. The molecule has 51 heavy (non-hydrogen) atoms. The zero-order valence-electron chi connectivity index (χ0n) is 32.0. The number of hydrogen-bond acceptors (Lipinski definition) is 8. The van der Waals surface area contributed by atoms with Crippen molar-refractivity contribution in [3.05, 3.63) is 65.7 Å². The van der Waals surface area contributed by atoms with Gasteiger partial charge in [-0.1, -0.05) is 95.8 Å². The Labute approximate surface area is 306 Å². The Morgan fingerprint density at radius 1 is 0.941 bits per heavy atom. The van der Waals surface area contributed by atoms with Crippen LogP contribution < -0.4 is 4.74 Å². The molecular formula is C40H61NO9Si. The third-order valence-electron chi connectivity index (χ3n) is 10.3. The maximum Gasteiger partial charge on any atom is 0.410 e. The van der Waals surface area contributed by atoms with Crippen LogP contribution in [0.5, 0.6) is 5.75 Å². The molecule has 0 bridgehead atoms. The second-order valence-electron chi connectivity index (χ2n) is 15.3. The number of methoxy groups -OCH3 is 1. The van der Waals surface area contributed by atoms with E-state index in [2.05, 4.69) is 40.8 Å². The second-order valence-corrected chi connectivity index (χ2v) is 20.0. The molecule has 0 spiro atoms. The molecule has 1 fully saturated rings. The van der Waals surface area contributed by atoms with Gasteiger partial charge in [0.2, 0.25) is 0 Å². The number of rotatable bonds is 20. The number of nitrogens with zero attached hydrogens (tertiary/aromatic N) is 1. The van der Waals surface area contributed by atoms with Crippen LogP contribution in [0.3, 0.4) is 0 Å². The van der Waals surface area contributed by atoms with E-state index in [0.717, 1.165) is 43.2 Å². The van der Waals surface area contributed by atoms with Gasteiger partial charge in [0.15, 0.2) is 8.32 Å². The average Bonchev–Trinajstić information content (AvgIpc) is 3.51. The van der Waals surface area contributed by atoms with Crippen molar-refractivity contribution < 1.29 is 42.9 Å². The van der Waals surface area contributed by atoms with Crippen molar-refractivity contribution in [2.75, 3.05) is 13.7 Å². The standard InChI is InChI=1S/C40H61NO9Si/c1-9-10-11-12-16-19-35(29(2)38(43)44)49-37(42)25-36(47-27-31-20-22-32(46-6)23-21-31)34-24-33(50-51(7,8)40(3,4)5)26-41(34)39(45)48-28-30-17-14-13-15-18-30/h13-15,17-18,20-23,29,33-36H,9-12,16,19,24-28H2,1-8H3,(H,43,44)/t29-,33+,34-,35+,36+/m0/s1. The molecule has 0 aromatic heterocycles. The van der Waals surface area contributed by atoms with Crippen LogP contribution in [0.4, 0.5) is 4.79 Å². The van der Waals surface area contributed by atoms with Gasteiger partial charge in [-0.15, -0.1) is 0 Å². The van der Waals surface area contributed by atoms with Gasteiger partial charge in [-0.25, -0.2) is 4.79 Å². The van der Waals surface area contributed by atoms with Gasteiger partial charge >= 0.3 is 18.0 Å². The molecule has 1 aliphatic heterocycles. The first-order chi connectivity index (χ1) is 24.1. The molecule has 3 rings (SSSR count). The maximum absolute atomic E-state index is 13.8. The molecule has 0 saturated carbocycles.